The first kappa shape index (κ1) is 11.9. The average molecular weight is 251 g/mol. The molecule has 0 aliphatic heterocycles. The van der Waals surface area contributed by atoms with Gasteiger partial charge in [0, 0.05) is 12.2 Å². The van der Waals surface area contributed by atoms with Crippen LogP contribution >= 0.6 is 0 Å². The monoisotopic (exact) mass is 251 g/mol. The molecule has 19 heavy (non-hydrogen) atoms. The highest BCUT2D eigenvalue weighted by molar-refractivity contribution is 5.79. The van der Waals surface area contributed by atoms with E-state index in [0.29, 0.717) is 6.54 Å². The Morgan fingerprint density at radius 1 is 1.05 bits per heavy atom. The maximum Gasteiger partial charge on any atom is 0.100 e. The highest BCUT2D eigenvalue weighted by atomic mass is 15.0. The standard InChI is InChI=1S/C16H17N3/c1-11-7-15-16(8-12(11)2)19(10-18-15)14-5-3-13(9-17)4-6-14/h3-8,10H,9,17H2,1-2H3. The highest BCUT2D eigenvalue weighted by Crippen LogP contribution is 2.21. The third kappa shape index (κ3) is 2.02. The van der Waals surface area contributed by atoms with Crippen molar-refractivity contribution >= 4 is 11.0 Å². The molecule has 0 unspecified atom stereocenters. The van der Waals surface area contributed by atoms with E-state index in [-0.39, 0.29) is 0 Å². The lowest BCUT2D eigenvalue weighted by atomic mass is 10.1. The van der Waals surface area contributed by atoms with Crippen LogP contribution in [0.3, 0.4) is 0 Å². The molecule has 0 radical (unpaired) electrons. The Bertz CT molecular complexity index is 724. The summed E-state index contributed by atoms with van der Waals surface area (Å²) in [5, 5.41) is 0. The van der Waals surface area contributed by atoms with Crippen LogP contribution in [0.15, 0.2) is 42.7 Å². The minimum atomic E-state index is 0.573. The van der Waals surface area contributed by atoms with Crippen LogP contribution in [0, 0.1) is 13.8 Å². The predicted octanol–water partition coefficient (Wildman–Crippen LogP) is 3.10. The summed E-state index contributed by atoms with van der Waals surface area (Å²) in [5.74, 6) is 0. The first-order valence-electron chi connectivity index (χ1n) is 6.43. The third-order valence-corrected chi connectivity index (χ3v) is 3.61. The first-order valence-corrected chi connectivity index (χ1v) is 6.43. The van der Waals surface area contributed by atoms with Crippen molar-refractivity contribution in [2.45, 2.75) is 20.4 Å². The highest BCUT2D eigenvalue weighted by Gasteiger charge is 2.06. The van der Waals surface area contributed by atoms with Crippen molar-refractivity contribution < 1.29 is 0 Å². The molecule has 0 spiro atoms. The van der Waals surface area contributed by atoms with Gasteiger partial charge in [0.05, 0.1) is 11.0 Å². The Morgan fingerprint density at radius 3 is 2.42 bits per heavy atom. The van der Waals surface area contributed by atoms with Crippen LogP contribution in [0.2, 0.25) is 0 Å². The zero-order valence-electron chi connectivity index (χ0n) is 11.2. The van der Waals surface area contributed by atoms with Crippen molar-refractivity contribution in [2.75, 3.05) is 0 Å². The Kier molecular flexibility index (Phi) is 2.84. The number of nitrogens with two attached hydrogens (primary N) is 1. The van der Waals surface area contributed by atoms with Gasteiger partial charge < -0.3 is 5.73 Å². The normalized spacial score (nSPS) is 11.1. The summed E-state index contributed by atoms with van der Waals surface area (Å²) < 4.78 is 2.11. The second-order valence-corrected chi connectivity index (χ2v) is 4.91. The van der Waals surface area contributed by atoms with Gasteiger partial charge in [-0.25, -0.2) is 4.98 Å². The molecule has 0 fully saturated rings. The van der Waals surface area contributed by atoms with Gasteiger partial charge in [-0.3, -0.25) is 4.57 Å². The van der Waals surface area contributed by atoms with E-state index in [1.165, 1.54) is 11.1 Å². The SMILES string of the molecule is Cc1cc2ncn(-c3ccc(CN)cc3)c2cc1C. The number of imidazole rings is 1. The molecule has 1 aromatic heterocycles. The smallest absolute Gasteiger partial charge is 0.100 e. The Morgan fingerprint density at radius 2 is 1.74 bits per heavy atom. The topological polar surface area (TPSA) is 43.8 Å². The molecular weight excluding hydrogens is 234 g/mol. The maximum absolute atomic E-state index is 5.63. The molecule has 3 aromatic rings. The van der Waals surface area contributed by atoms with Crippen LogP contribution in [0.4, 0.5) is 0 Å². The van der Waals surface area contributed by atoms with Crippen molar-refractivity contribution in [3.63, 3.8) is 0 Å². The first-order chi connectivity index (χ1) is 9.19. The molecule has 0 saturated carbocycles. The van der Waals surface area contributed by atoms with Crippen LogP contribution in [-0.2, 0) is 6.54 Å². The number of fused-ring (bicyclic) bond motifs is 1. The molecule has 2 N–H and O–H groups in total. The summed E-state index contributed by atoms with van der Waals surface area (Å²) in [6, 6.07) is 12.6. The Hall–Kier alpha value is -2.13. The van der Waals surface area contributed by atoms with Gasteiger partial charge in [0.1, 0.15) is 6.33 Å². The summed E-state index contributed by atoms with van der Waals surface area (Å²) in [6.45, 7) is 4.82. The van der Waals surface area contributed by atoms with Gasteiger partial charge in [0.25, 0.3) is 0 Å². The van der Waals surface area contributed by atoms with E-state index in [1.807, 2.05) is 6.33 Å². The van der Waals surface area contributed by atoms with Gasteiger partial charge in [0.15, 0.2) is 0 Å². The lowest BCUT2D eigenvalue weighted by Gasteiger charge is -2.07. The van der Waals surface area contributed by atoms with Gasteiger partial charge >= 0.3 is 0 Å². The number of rotatable bonds is 2. The van der Waals surface area contributed by atoms with E-state index in [1.54, 1.807) is 0 Å². The van der Waals surface area contributed by atoms with Gasteiger partial charge in [-0.1, -0.05) is 12.1 Å². The van der Waals surface area contributed by atoms with Crippen LogP contribution in [0.5, 0.6) is 0 Å². The lowest BCUT2D eigenvalue weighted by Crippen LogP contribution is -1.97. The summed E-state index contributed by atoms with van der Waals surface area (Å²) in [5.41, 5.74) is 12.6. The number of benzene rings is 2. The largest absolute Gasteiger partial charge is 0.326 e. The third-order valence-electron chi connectivity index (χ3n) is 3.61. The van der Waals surface area contributed by atoms with E-state index in [2.05, 4.69) is 59.8 Å². The second-order valence-electron chi connectivity index (χ2n) is 4.91. The molecule has 2 aromatic carbocycles. The summed E-state index contributed by atoms with van der Waals surface area (Å²) in [4.78, 5) is 4.48. The molecule has 0 saturated heterocycles. The molecule has 0 atom stereocenters. The van der Waals surface area contributed by atoms with Crippen LogP contribution in [-0.4, -0.2) is 9.55 Å². The molecule has 0 amide bonds. The maximum atomic E-state index is 5.63. The van der Waals surface area contributed by atoms with Gasteiger partial charge in [0.2, 0.25) is 0 Å². The van der Waals surface area contributed by atoms with Crippen molar-refractivity contribution in [3.05, 3.63) is 59.4 Å². The predicted molar refractivity (Wildman–Crippen MR) is 78.4 cm³/mol. The molecule has 3 heteroatoms. The molecule has 1 heterocycles. The van der Waals surface area contributed by atoms with E-state index in [0.717, 1.165) is 22.3 Å². The summed E-state index contributed by atoms with van der Waals surface area (Å²) >= 11 is 0. The zero-order chi connectivity index (χ0) is 13.4. The molecule has 0 bridgehead atoms. The van der Waals surface area contributed by atoms with Crippen molar-refractivity contribution in [3.8, 4) is 5.69 Å². The fourth-order valence-corrected chi connectivity index (χ4v) is 2.26. The van der Waals surface area contributed by atoms with Crippen molar-refractivity contribution in [1.29, 1.82) is 0 Å². The molecule has 0 aliphatic rings. The Balaban J connectivity index is 2.16. The fourth-order valence-electron chi connectivity index (χ4n) is 2.26. The number of aromatic nitrogens is 2. The second kappa shape index (κ2) is 4.52. The van der Waals surface area contributed by atoms with E-state index in [9.17, 15) is 0 Å². The summed E-state index contributed by atoms with van der Waals surface area (Å²) in [7, 11) is 0. The Labute approximate surface area is 112 Å². The van der Waals surface area contributed by atoms with E-state index in [4.69, 9.17) is 5.73 Å². The quantitative estimate of drug-likeness (QED) is 0.760. The number of hydrogen-bond donors (Lipinski definition) is 1. The van der Waals surface area contributed by atoms with E-state index < -0.39 is 0 Å². The molecule has 3 rings (SSSR count). The van der Waals surface area contributed by atoms with Gasteiger partial charge in [-0.2, -0.15) is 0 Å². The minimum Gasteiger partial charge on any atom is -0.326 e. The number of aryl methyl sites for hydroxylation is 2. The van der Waals surface area contributed by atoms with Gasteiger partial charge in [-0.15, -0.1) is 0 Å². The van der Waals surface area contributed by atoms with Crippen molar-refractivity contribution in [1.82, 2.24) is 9.55 Å². The molecule has 0 aliphatic carbocycles. The van der Waals surface area contributed by atoms with E-state index >= 15 is 0 Å². The molecule has 3 nitrogen and oxygen atoms in total. The summed E-state index contributed by atoms with van der Waals surface area (Å²) in [6.07, 6.45) is 1.88. The minimum absolute atomic E-state index is 0.573. The fraction of sp³-hybridized carbons (Fsp3) is 0.188. The molecular formula is C16H17N3. The van der Waals surface area contributed by atoms with Crippen LogP contribution < -0.4 is 5.73 Å². The molecule has 96 valence electrons. The lowest BCUT2D eigenvalue weighted by molar-refractivity contribution is 1.05. The van der Waals surface area contributed by atoms with Gasteiger partial charge in [-0.05, 0) is 54.8 Å². The zero-order valence-corrected chi connectivity index (χ0v) is 11.2. The number of hydrogen-bond acceptors (Lipinski definition) is 2. The average Bonchev–Trinajstić information content (AvgIpc) is 2.82. The van der Waals surface area contributed by atoms with Crippen LogP contribution in [0.1, 0.15) is 16.7 Å². The van der Waals surface area contributed by atoms with Crippen molar-refractivity contribution in [2.24, 2.45) is 5.73 Å². The number of nitrogens with zero attached hydrogens (tertiary/aromatic N) is 2. The van der Waals surface area contributed by atoms with Crippen LogP contribution in [0.25, 0.3) is 16.7 Å².